The van der Waals surface area contributed by atoms with Gasteiger partial charge < -0.3 is 9.38 Å². The van der Waals surface area contributed by atoms with Crippen LogP contribution in [0.5, 0.6) is 0 Å². The van der Waals surface area contributed by atoms with Crippen molar-refractivity contribution in [2.24, 2.45) is 0 Å². The van der Waals surface area contributed by atoms with Crippen molar-refractivity contribution in [1.29, 1.82) is 0 Å². The van der Waals surface area contributed by atoms with Crippen LogP contribution in [0.1, 0.15) is 0 Å². The molecule has 0 aliphatic heterocycles. The minimum absolute atomic E-state index is 0.0790. The van der Waals surface area contributed by atoms with Gasteiger partial charge in [-0.2, -0.15) is 0 Å². The molecule has 0 fully saturated rings. The lowest BCUT2D eigenvalue weighted by molar-refractivity contribution is -0.904. The molecule has 3 nitrogen and oxygen atoms in total. The highest BCUT2D eigenvalue weighted by atomic mass is 16.2. The van der Waals surface area contributed by atoms with Gasteiger partial charge in [-0.25, -0.2) is 0 Å². The molecule has 0 heterocycles. The highest BCUT2D eigenvalue weighted by molar-refractivity contribution is 5.77. The summed E-state index contributed by atoms with van der Waals surface area (Å²) in [6.07, 6.45) is 8.97. The van der Waals surface area contributed by atoms with Gasteiger partial charge in [-0.15, -0.1) is 13.2 Å². The Labute approximate surface area is 123 Å². The topological polar surface area (TPSA) is 20.3 Å². The standard InChI is InChI=1S/C17H27N2O/c1-6-11-18(12-7-2)17(20)16-19(13-8-3,14-9-4)15-10-5/h6-10H,1-5,11-16H2/q+1. The number of nitrogens with zero attached hydrogens (tertiary/aromatic N) is 2. The Bertz CT molecular complexity index is 335. The molecule has 0 saturated carbocycles. The molecule has 0 aromatic carbocycles. The van der Waals surface area contributed by atoms with E-state index in [0.29, 0.717) is 43.8 Å². The number of quaternary nitrogens is 1. The normalized spacial score (nSPS) is 10.4. The van der Waals surface area contributed by atoms with Gasteiger partial charge in [0.15, 0.2) is 6.54 Å². The van der Waals surface area contributed by atoms with Crippen LogP contribution in [-0.4, -0.2) is 54.6 Å². The highest BCUT2D eigenvalue weighted by Gasteiger charge is 2.28. The molecule has 3 heteroatoms. The van der Waals surface area contributed by atoms with Gasteiger partial charge in [-0.05, 0) is 18.2 Å². The van der Waals surface area contributed by atoms with E-state index in [9.17, 15) is 4.79 Å². The molecule has 0 saturated heterocycles. The Balaban J connectivity index is 5.08. The molecule has 0 atom stereocenters. The summed E-state index contributed by atoms with van der Waals surface area (Å²) in [5, 5.41) is 0. The van der Waals surface area contributed by atoms with Crippen molar-refractivity contribution in [3.8, 4) is 0 Å². The van der Waals surface area contributed by atoms with E-state index in [1.165, 1.54) is 0 Å². The summed E-state index contributed by atoms with van der Waals surface area (Å²) < 4.78 is 0.570. The molecule has 0 unspecified atom stereocenters. The first-order valence-corrected chi connectivity index (χ1v) is 6.76. The monoisotopic (exact) mass is 275 g/mol. The van der Waals surface area contributed by atoms with Gasteiger partial charge in [-0.3, -0.25) is 4.79 Å². The average Bonchev–Trinajstić information content (AvgIpc) is 2.39. The van der Waals surface area contributed by atoms with E-state index in [4.69, 9.17) is 0 Å². The molecule has 1 amide bonds. The predicted molar refractivity (Wildman–Crippen MR) is 87.3 cm³/mol. The van der Waals surface area contributed by atoms with E-state index in [2.05, 4.69) is 32.9 Å². The zero-order valence-electron chi connectivity index (χ0n) is 12.5. The Hall–Kier alpha value is -1.87. The number of carbonyl (C=O) groups excluding carboxylic acids is 1. The zero-order valence-corrected chi connectivity index (χ0v) is 12.5. The highest BCUT2D eigenvalue weighted by Crippen LogP contribution is 2.10. The van der Waals surface area contributed by atoms with E-state index >= 15 is 0 Å². The van der Waals surface area contributed by atoms with Crippen molar-refractivity contribution in [3.05, 3.63) is 63.3 Å². The van der Waals surface area contributed by atoms with Crippen LogP contribution in [-0.2, 0) is 4.79 Å². The number of hydrogen-bond acceptors (Lipinski definition) is 1. The van der Waals surface area contributed by atoms with E-state index in [-0.39, 0.29) is 5.91 Å². The third kappa shape index (κ3) is 5.85. The second kappa shape index (κ2) is 9.98. The molecule has 110 valence electrons. The van der Waals surface area contributed by atoms with Crippen LogP contribution < -0.4 is 0 Å². The third-order valence-electron chi connectivity index (χ3n) is 3.07. The summed E-state index contributed by atoms with van der Waals surface area (Å²) in [5.41, 5.74) is 0. The van der Waals surface area contributed by atoms with Crippen molar-refractivity contribution in [1.82, 2.24) is 4.90 Å². The van der Waals surface area contributed by atoms with Crippen molar-refractivity contribution in [3.63, 3.8) is 0 Å². The fourth-order valence-electron chi connectivity index (χ4n) is 2.22. The average molecular weight is 275 g/mol. The van der Waals surface area contributed by atoms with E-state index in [1.54, 1.807) is 17.1 Å². The second-order valence-corrected chi connectivity index (χ2v) is 4.79. The molecule has 0 rings (SSSR count). The SMILES string of the molecule is C=CCN(CC=C)C(=O)C[N+](CC=C)(CC=C)CC=C. The molecule has 0 bridgehead atoms. The Kier molecular flexibility index (Phi) is 9.05. The Morgan fingerprint density at radius 3 is 1.50 bits per heavy atom. The summed E-state index contributed by atoms with van der Waals surface area (Å²) in [6, 6.07) is 0. The molecule has 0 spiro atoms. The molecule has 0 aromatic rings. The van der Waals surface area contributed by atoms with E-state index in [1.807, 2.05) is 18.2 Å². The molecular weight excluding hydrogens is 248 g/mol. The van der Waals surface area contributed by atoms with Crippen LogP contribution in [0.2, 0.25) is 0 Å². The summed E-state index contributed by atoms with van der Waals surface area (Å²) in [6.45, 7) is 22.3. The van der Waals surface area contributed by atoms with Crippen LogP contribution in [0.15, 0.2) is 63.3 Å². The van der Waals surface area contributed by atoms with Gasteiger partial charge in [0.05, 0.1) is 19.6 Å². The lowest BCUT2D eigenvalue weighted by atomic mass is 10.2. The maximum absolute atomic E-state index is 12.5. The van der Waals surface area contributed by atoms with Crippen molar-refractivity contribution < 1.29 is 9.28 Å². The van der Waals surface area contributed by atoms with Crippen LogP contribution >= 0.6 is 0 Å². The summed E-state index contributed by atoms with van der Waals surface area (Å²) in [5.74, 6) is 0.0790. The fraction of sp³-hybridized carbons (Fsp3) is 0.353. The molecule has 0 radical (unpaired) electrons. The van der Waals surface area contributed by atoms with Gasteiger partial charge in [0.1, 0.15) is 0 Å². The van der Waals surface area contributed by atoms with Crippen LogP contribution in [0.3, 0.4) is 0 Å². The first kappa shape index (κ1) is 18.1. The summed E-state index contributed by atoms with van der Waals surface area (Å²) in [7, 11) is 0. The van der Waals surface area contributed by atoms with Crippen molar-refractivity contribution in [2.75, 3.05) is 39.3 Å². The molecule has 20 heavy (non-hydrogen) atoms. The molecule has 0 N–H and O–H groups in total. The minimum Gasteiger partial charge on any atom is -0.330 e. The van der Waals surface area contributed by atoms with Gasteiger partial charge in [0.2, 0.25) is 0 Å². The summed E-state index contributed by atoms with van der Waals surface area (Å²) in [4.78, 5) is 14.2. The van der Waals surface area contributed by atoms with Crippen molar-refractivity contribution >= 4 is 5.91 Å². The lowest BCUT2D eigenvalue weighted by Gasteiger charge is -2.36. The number of hydrogen-bond donors (Lipinski definition) is 0. The molecule has 0 aromatic heterocycles. The lowest BCUT2D eigenvalue weighted by Crippen LogP contribution is -2.54. The van der Waals surface area contributed by atoms with Gasteiger partial charge in [-0.1, -0.05) is 31.9 Å². The number of amides is 1. The van der Waals surface area contributed by atoms with Gasteiger partial charge in [0, 0.05) is 13.1 Å². The smallest absolute Gasteiger partial charge is 0.278 e. The van der Waals surface area contributed by atoms with E-state index < -0.39 is 0 Å². The third-order valence-corrected chi connectivity index (χ3v) is 3.07. The van der Waals surface area contributed by atoms with Crippen LogP contribution in [0, 0.1) is 0 Å². The number of rotatable bonds is 12. The maximum Gasteiger partial charge on any atom is 0.278 e. The predicted octanol–water partition coefficient (Wildman–Crippen LogP) is 2.56. The van der Waals surface area contributed by atoms with E-state index in [0.717, 1.165) is 0 Å². The molecule has 0 aliphatic carbocycles. The van der Waals surface area contributed by atoms with Crippen molar-refractivity contribution in [2.45, 2.75) is 0 Å². The molecule has 0 aliphatic rings. The largest absolute Gasteiger partial charge is 0.330 e. The summed E-state index contributed by atoms with van der Waals surface area (Å²) >= 11 is 0. The Morgan fingerprint density at radius 2 is 1.20 bits per heavy atom. The quantitative estimate of drug-likeness (QED) is 0.396. The van der Waals surface area contributed by atoms with Gasteiger partial charge >= 0.3 is 0 Å². The van der Waals surface area contributed by atoms with Crippen LogP contribution in [0.4, 0.5) is 0 Å². The first-order chi connectivity index (χ1) is 9.59. The van der Waals surface area contributed by atoms with Crippen LogP contribution in [0.25, 0.3) is 0 Å². The first-order valence-electron chi connectivity index (χ1n) is 6.76. The number of carbonyl (C=O) groups is 1. The van der Waals surface area contributed by atoms with Gasteiger partial charge in [0.25, 0.3) is 5.91 Å². The second-order valence-electron chi connectivity index (χ2n) is 4.79. The molecular formula is C17H27N2O+. The zero-order chi connectivity index (χ0) is 15.4. The minimum atomic E-state index is 0.0790. The maximum atomic E-state index is 12.5. The fourth-order valence-corrected chi connectivity index (χ4v) is 2.22. The Morgan fingerprint density at radius 1 is 0.800 bits per heavy atom.